The summed E-state index contributed by atoms with van der Waals surface area (Å²) in [5, 5.41) is 5.60. The van der Waals surface area contributed by atoms with Crippen LogP contribution >= 0.6 is 0 Å². The Labute approximate surface area is 138 Å². The zero-order valence-corrected chi connectivity index (χ0v) is 14.3. The molecule has 1 aliphatic heterocycles. The van der Waals surface area contributed by atoms with Crippen LogP contribution in [0.15, 0.2) is 18.2 Å². The van der Waals surface area contributed by atoms with Crippen LogP contribution in [0.1, 0.15) is 49.5 Å². The zero-order valence-electron chi connectivity index (χ0n) is 13.5. The van der Waals surface area contributed by atoms with Crippen molar-refractivity contribution in [1.29, 1.82) is 0 Å². The van der Waals surface area contributed by atoms with E-state index >= 15 is 0 Å². The molecular formula is C16H22N2O4S. The fourth-order valence-corrected chi connectivity index (χ4v) is 3.29. The first-order chi connectivity index (χ1) is 10.8. The highest BCUT2D eigenvalue weighted by Gasteiger charge is 2.38. The van der Waals surface area contributed by atoms with Crippen molar-refractivity contribution in [2.45, 2.75) is 45.1 Å². The highest BCUT2D eigenvalue weighted by atomic mass is 32.2. The van der Waals surface area contributed by atoms with Crippen LogP contribution in [-0.4, -0.2) is 32.4 Å². The summed E-state index contributed by atoms with van der Waals surface area (Å²) in [6, 6.07) is 4.73. The fraction of sp³-hybridized carbons (Fsp3) is 0.500. The highest BCUT2D eigenvalue weighted by molar-refractivity contribution is 7.79. The Bertz CT molecular complexity index is 657. The second-order valence-electron chi connectivity index (χ2n) is 6.29. The first-order valence-electron chi connectivity index (χ1n) is 7.60. The van der Waals surface area contributed by atoms with E-state index in [1.165, 1.54) is 0 Å². The van der Waals surface area contributed by atoms with Crippen molar-refractivity contribution in [2.24, 2.45) is 0 Å². The van der Waals surface area contributed by atoms with E-state index in [9.17, 15) is 13.8 Å². The summed E-state index contributed by atoms with van der Waals surface area (Å²) >= 11 is -1.96. The number of benzene rings is 1. The van der Waals surface area contributed by atoms with Crippen molar-refractivity contribution in [2.75, 3.05) is 11.1 Å². The van der Waals surface area contributed by atoms with Crippen molar-refractivity contribution in [1.82, 2.24) is 5.32 Å². The molecule has 0 aliphatic carbocycles. The molecule has 1 aromatic rings. The number of amides is 2. The van der Waals surface area contributed by atoms with E-state index in [0.717, 1.165) is 17.7 Å². The van der Waals surface area contributed by atoms with Crippen LogP contribution in [0.5, 0.6) is 0 Å². The van der Waals surface area contributed by atoms with Crippen LogP contribution in [0.4, 0.5) is 5.69 Å². The normalized spacial score (nSPS) is 18.0. The summed E-state index contributed by atoms with van der Waals surface area (Å²) in [6.45, 7) is 5.57. The van der Waals surface area contributed by atoms with Gasteiger partial charge >= 0.3 is 0 Å². The smallest absolute Gasteiger partial charge is 0.251 e. The van der Waals surface area contributed by atoms with Gasteiger partial charge in [0.2, 0.25) is 5.91 Å². The van der Waals surface area contributed by atoms with Crippen LogP contribution in [0.2, 0.25) is 0 Å². The number of anilines is 1. The van der Waals surface area contributed by atoms with Gasteiger partial charge in [0, 0.05) is 17.3 Å². The van der Waals surface area contributed by atoms with Crippen LogP contribution in [0.25, 0.3) is 0 Å². The minimum atomic E-state index is -1.96. The average molecular weight is 338 g/mol. The molecule has 1 aromatic carbocycles. The summed E-state index contributed by atoms with van der Waals surface area (Å²) in [4.78, 5) is 24.4. The Morgan fingerprint density at radius 1 is 1.43 bits per heavy atom. The summed E-state index contributed by atoms with van der Waals surface area (Å²) in [5.74, 6) is -0.382. The maximum Gasteiger partial charge on any atom is 0.251 e. The molecule has 7 heteroatoms. The summed E-state index contributed by atoms with van der Waals surface area (Å²) in [6.07, 6.45) is 1.44. The van der Waals surface area contributed by atoms with Crippen LogP contribution in [0, 0.1) is 0 Å². The maximum atomic E-state index is 12.4. The van der Waals surface area contributed by atoms with Crippen LogP contribution in [0.3, 0.4) is 0 Å². The minimum absolute atomic E-state index is 0.00998. The van der Waals surface area contributed by atoms with E-state index in [4.69, 9.17) is 4.55 Å². The fourth-order valence-electron chi connectivity index (χ4n) is 2.70. The lowest BCUT2D eigenvalue weighted by Gasteiger charge is -2.18. The van der Waals surface area contributed by atoms with E-state index in [1.807, 2.05) is 20.8 Å². The van der Waals surface area contributed by atoms with Crippen molar-refractivity contribution in [3.8, 4) is 0 Å². The third-order valence-corrected chi connectivity index (χ3v) is 4.77. The van der Waals surface area contributed by atoms with Crippen LogP contribution < -0.4 is 10.6 Å². The van der Waals surface area contributed by atoms with Gasteiger partial charge in [-0.3, -0.25) is 9.59 Å². The number of hydrogen-bond donors (Lipinski definition) is 3. The molecular weight excluding hydrogens is 316 g/mol. The molecule has 126 valence electrons. The van der Waals surface area contributed by atoms with Gasteiger partial charge in [-0.15, -0.1) is 0 Å². The molecule has 0 spiro atoms. The van der Waals surface area contributed by atoms with Crippen molar-refractivity contribution in [3.63, 3.8) is 0 Å². The molecule has 0 fully saturated rings. The van der Waals surface area contributed by atoms with Gasteiger partial charge in [0.05, 0.1) is 11.2 Å². The Morgan fingerprint density at radius 3 is 2.74 bits per heavy atom. The van der Waals surface area contributed by atoms with Crippen molar-refractivity contribution >= 4 is 28.6 Å². The topological polar surface area (TPSA) is 95.5 Å². The van der Waals surface area contributed by atoms with E-state index in [1.54, 1.807) is 18.2 Å². The molecule has 2 atom stereocenters. The molecule has 1 aliphatic rings. The number of fused-ring (bicyclic) bond motifs is 1. The first-order valence-corrected chi connectivity index (χ1v) is 8.87. The molecule has 0 bridgehead atoms. The van der Waals surface area contributed by atoms with Crippen molar-refractivity contribution in [3.05, 3.63) is 29.3 Å². The molecule has 23 heavy (non-hydrogen) atoms. The molecule has 1 heterocycles. The molecule has 2 unspecified atom stereocenters. The standard InChI is InChI=1S/C16H22N2O4S/c1-4-5-11(9-23(21)22)17-14(19)10-6-7-13-12(8-10)16(2,3)15(20)18-13/h6-8,11H,4-5,9H2,1-3H3,(H,17,19)(H,18,20)(H,21,22). The quantitative estimate of drug-likeness (QED) is 0.692. The number of carbonyl (C=O) groups excluding carboxylic acids is 2. The second-order valence-corrected chi connectivity index (χ2v) is 7.26. The van der Waals surface area contributed by atoms with E-state index in [2.05, 4.69) is 10.6 Å². The molecule has 0 aromatic heterocycles. The van der Waals surface area contributed by atoms with E-state index in [-0.39, 0.29) is 23.6 Å². The Kier molecular flexibility index (Phi) is 5.21. The number of rotatable bonds is 6. The Hall–Kier alpha value is -1.73. The van der Waals surface area contributed by atoms with Crippen LogP contribution in [-0.2, 0) is 21.3 Å². The lowest BCUT2D eigenvalue weighted by molar-refractivity contribution is -0.119. The predicted molar refractivity (Wildman–Crippen MR) is 89.9 cm³/mol. The van der Waals surface area contributed by atoms with Gasteiger partial charge in [0.15, 0.2) is 11.1 Å². The SMILES string of the molecule is CCCC(CS(=O)O)NC(=O)c1ccc2c(c1)C(C)(C)C(=O)N2. The Morgan fingerprint density at radius 2 is 2.13 bits per heavy atom. The molecule has 0 saturated carbocycles. The summed E-state index contributed by atoms with van der Waals surface area (Å²) in [5.41, 5.74) is 1.27. The largest absolute Gasteiger partial charge is 0.348 e. The number of hydrogen-bond acceptors (Lipinski definition) is 3. The van der Waals surface area contributed by atoms with Gasteiger partial charge in [0.25, 0.3) is 5.91 Å². The molecule has 2 rings (SSSR count). The highest BCUT2D eigenvalue weighted by Crippen LogP contribution is 2.37. The molecule has 0 saturated heterocycles. The van der Waals surface area contributed by atoms with Gasteiger partial charge in [0.1, 0.15) is 0 Å². The van der Waals surface area contributed by atoms with Gasteiger partial charge in [-0.05, 0) is 44.0 Å². The average Bonchev–Trinajstić information content (AvgIpc) is 2.68. The van der Waals surface area contributed by atoms with Gasteiger partial charge in [-0.1, -0.05) is 13.3 Å². The first kappa shape index (κ1) is 17.6. The lowest BCUT2D eigenvalue weighted by Crippen LogP contribution is -2.38. The molecule has 2 amide bonds. The second kappa shape index (κ2) is 6.80. The van der Waals surface area contributed by atoms with Gasteiger partial charge in [-0.2, -0.15) is 0 Å². The van der Waals surface area contributed by atoms with E-state index < -0.39 is 16.5 Å². The maximum absolute atomic E-state index is 12.4. The van der Waals surface area contributed by atoms with Gasteiger partial charge in [-0.25, -0.2) is 4.21 Å². The third kappa shape index (κ3) is 3.79. The lowest BCUT2D eigenvalue weighted by atomic mass is 9.85. The van der Waals surface area contributed by atoms with E-state index in [0.29, 0.717) is 12.0 Å². The van der Waals surface area contributed by atoms with Gasteiger partial charge < -0.3 is 15.2 Å². The zero-order chi connectivity index (χ0) is 17.2. The monoisotopic (exact) mass is 338 g/mol. The summed E-state index contributed by atoms with van der Waals surface area (Å²) < 4.78 is 20.0. The Balaban J connectivity index is 2.19. The predicted octanol–water partition coefficient (Wildman–Crippen LogP) is 2.04. The molecule has 3 N–H and O–H groups in total. The molecule has 0 radical (unpaired) electrons. The molecule has 6 nitrogen and oxygen atoms in total. The minimum Gasteiger partial charge on any atom is -0.348 e. The number of carbonyl (C=O) groups is 2. The van der Waals surface area contributed by atoms with Crippen molar-refractivity contribution < 1.29 is 18.4 Å². The number of nitrogens with one attached hydrogen (secondary N) is 2. The summed E-state index contributed by atoms with van der Waals surface area (Å²) in [7, 11) is 0. The third-order valence-electron chi connectivity index (χ3n) is 4.09.